The second-order valence-electron chi connectivity index (χ2n) is 5.19. The van der Waals surface area contributed by atoms with Crippen molar-refractivity contribution in [1.29, 1.82) is 0 Å². The number of ether oxygens (including phenoxy) is 1. The average Bonchev–Trinajstić information content (AvgIpc) is 2.58. The molecular weight excluding hydrogens is 310 g/mol. The minimum absolute atomic E-state index is 0.00182. The summed E-state index contributed by atoms with van der Waals surface area (Å²) in [6.45, 7) is 0.277. The fourth-order valence-electron chi connectivity index (χ4n) is 2.31. The highest BCUT2D eigenvalue weighted by Gasteiger charge is 2.09. The summed E-state index contributed by atoms with van der Waals surface area (Å²) >= 11 is 0. The van der Waals surface area contributed by atoms with Crippen molar-refractivity contribution >= 4 is 17.1 Å². The van der Waals surface area contributed by atoms with E-state index in [1.807, 2.05) is 30.3 Å². The standard InChI is InChI=1S/C18H15NO5/c20-14-6-7-15-13(8-17(21)24-16(15)9-14)10-19-18(22)23-11-12-4-2-1-3-5-12/h1-9,20H,10-11H2,(H,19,22). The number of hydrogen-bond donors (Lipinski definition) is 2. The molecule has 6 heteroatoms. The summed E-state index contributed by atoms with van der Waals surface area (Å²) in [6, 6.07) is 15.1. The van der Waals surface area contributed by atoms with E-state index in [0.717, 1.165) is 5.56 Å². The van der Waals surface area contributed by atoms with E-state index in [9.17, 15) is 14.7 Å². The smallest absolute Gasteiger partial charge is 0.407 e. The number of rotatable bonds is 4. The predicted molar refractivity (Wildman–Crippen MR) is 87.6 cm³/mol. The van der Waals surface area contributed by atoms with Crippen LogP contribution in [0.5, 0.6) is 5.75 Å². The van der Waals surface area contributed by atoms with E-state index in [2.05, 4.69) is 5.32 Å². The molecule has 2 aromatic carbocycles. The van der Waals surface area contributed by atoms with Gasteiger partial charge in [-0.3, -0.25) is 0 Å². The van der Waals surface area contributed by atoms with Gasteiger partial charge < -0.3 is 19.6 Å². The molecule has 0 spiro atoms. The molecule has 1 aromatic heterocycles. The molecule has 0 unspecified atom stereocenters. The third-order valence-electron chi connectivity index (χ3n) is 3.45. The number of benzene rings is 2. The first-order chi connectivity index (χ1) is 11.6. The summed E-state index contributed by atoms with van der Waals surface area (Å²) in [7, 11) is 0. The van der Waals surface area contributed by atoms with Crippen LogP contribution in [0.1, 0.15) is 11.1 Å². The SMILES string of the molecule is O=C(NCc1cc(=O)oc2cc(O)ccc12)OCc1ccccc1. The molecule has 2 N–H and O–H groups in total. The minimum atomic E-state index is -0.584. The lowest BCUT2D eigenvalue weighted by atomic mass is 10.1. The lowest BCUT2D eigenvalue weighted by Crippen LogP contribution is -2.24. The van der Waals surface area contributed by atoms with E-state index < -0.39 is 11.7 Å². The lowest BCUT2D eigenvalue weighted by molar-refractivity contribution is 0.139. The Morgan fingerprint density at radius 3 is 2.71 bits per heavy atom. The Kier molecular flexibility index (Phi) is 4.47. The zero-order valence-corrected chi connectivity index (χ0v) is 12.7. The second kappa shape index (κ2) is 6.87. The number of phenolic OH excluding ortho intramolecular Hbond substituents is 1. The first kappa shape index (κ1) is 15.6. The maximum absolute atomic E-state index is 11.8. The number of carbonyl (C=O) groups is 1. The molecule has 0 atom stereocenters. The molecule has 24 heavy (non-hydrogen) atoms. The molecule has 0 aliphatic rings. The molecule has 0 saturated carbocycles. The minimum Gasteiger partial charge on any atom is -0.508 e. The molecule has 0 radical (unpaired) electrons. The first-order valence-corrected chi connectivity index (χ1v) is 7.32. The fraction of sp³-hybridized carbons (Fsp3) is 0.111. The van der Waals surface area contributed by atoms with Gasteiger partial charge in [0.1, 0.15) is 17.9 Å². The lowest BCUT2D eigenvalue weighted by Gasteiger charge is -2.09. The topological polar surface area (TPSA) is 88.8 Å². The molecule has 1 amide bonds. The van der Waals surface area contributed by atoms with Gasteiger partial charge in [-0.15, -0.1) is 0 Å². The van der Waals surface area contributed by atoms with Gasteiger partial charge in [0.25, 0.3) is 0 Å². The quantitative estimate of drug-likeness (QED) is 0.720. The van der Waals surface area contributed by atoms with Crippen molar-refractivity contribution in [3.8, 4) is 5.75 Å². The molecular formula is C18H15NO5. The molecule has 0 fully saturated rings. The van der Waals surface area contributed by atoms with Gasteiger partial charge in [0.15, 0.2) is 0 Å². The van der Waals surface area contributed by atoms with Crippen molar-refractivity contribution in [1.82, 2.24) is 5.32 Å². The van der Waals surface area contributed by atoms with E-state index in [1.54, 1.807) is 6.07 Å². The van der Waals surface area contributed by atoms with Crippen molar-refractivity contribution in [2.24, 2.45) is 0 Å². The Morgan fingerprint density at radius 1 is 1.12 bits per heavy atom. The Balaban J connectivity index is 1.67. The highest BCUT2D eigenvalue weighted by molar-refractivity contribution is 5.81. The Labute approximate surface area is 137 Å². The van der Waals surface area contributed by atoms with E-state index in [4.69, 9.17) is 9.15 Å². The van der Waals surface area contributed by atoms with E-state index in [1.165, 1.54) is 18.2 Å². The van der Waals surface area contributed by atoms with Crippen LogP contribution >= 0.6 is 0 Å². The van der Waals surface area contributed by atoms with Gasteiger partial charge in [-0.1, -0.05) is 30.3 Å². The molecule has 0 aliphatic heterocycles. The van der Waals surface area contributed by atoms with Crippen molar-refractivity contribution in [2.75, 3.05) is 0 Å². The Bertz CT molecular complexity index is 918. The molecule has 0 bridgehead atoms. The van der Waals surface area contributed by atoms with Gasteiger partial charge in [-0.2, -0.15) is 0 Å². The largest absolute Gasteiger partial charge is 0.508 e. The first-order valence-electron chi connectivity index (χ1n) is 7.32. The van der Waals surface area contributed by atoms with Crippen LogP contribution in [0.25, 0.3) is 11.0 Å². The maximum Gasteiger partial charge on any atom is 0.407 e. The number of fused-ring (bicyclic) bond motifs is 1. The number of nitrogens with one attached hydrogen (secondary N) is 1. The maximum atomic E-state index is 11.8. The van der Waals surface area contributed by atoms with Crippen LogP contribution in [0, 0.1) is 0 Å². The van der Waals surface area contributed by atoms with E-state index in [0.29, 0.717) is 10.9 Å². The molecule has 1 heterocycles. The van der Waals surface area contributed by atoms with Gasteiger partial charge in [-0.25, -0.2) is 9.59 Å². The number of amides is 1. The number of alkyl carbamates (subject to hydrolysis) is 1. The Morgan fingerprint density at radius 2 is 1.92 bits per heavy atom. The highest BCUT2D eigenvalue weighted by atomic mass is 16.5. The van der Waals surface area contributed by atoms with Gasteiger partial charge in [0.2, 0.25) is 0 Å². The second-order valence-corrected chi connectivity index (χ2v) is 5.19. The monoisotopic (exact) mass is 325 g/mol. The highest BCUT2D eigenvalue weighted by Crippen LogP contribution is 2.21. The summed E-state index contributed by atoms with van der Waals surface area (Å²) in [5, 5.41) is 12.7. The molecule has 122 valence electrons. The zero-order chi connectivity index (χ0) is 16.9. The fourth-order valence-corrected chi connectivity index (χ4v) is 2.31. The summed E-state index contributed by atoms with van der Waals surface area (Å²) < 4.78 is 10.2. The molecule has 3 aromatic rings. The summed E-state index contributed by atoms with van der Waals surface area (Å²) in [4.78, 5) is 23.4. The predicted octanol–water partition coefficient (Wildman–Crippen LogP) is 2.93. The van der Waals surface area contributed by atoms with Crippen LogP contribution in [0.4, 0.5) is 4.79 Å². The van der Waals surface area contributed by atoms with Crippen LogP contribution < -0.4 is 10.9 Å². The third kappa shape index (κ3) is 3.73. The van der Waals surface area contributed by atoms with Crippen LogP contribution in [0.3, 0.4) is 0 Å². The summed E-state index contributed by atoms with van der Waals surface area (Å²) in [6.07, 6.45) is -0.584. The van der Waals surface area contributed by atoms with Crippen molar-refractivity contribution in [3.63, 3.8) is 0 Å². The van der Waals surface area contributed by atoms with Gasteiger partial charge in [0, 0.05) is 24.1 Å². The van der Waals surface area contributed by atoms with Crippen LogP contribution in [0.15, 0.2) is 63.8 Å². The van der Waals surface area contributed by atoms with Gasteiger partial charge in [-0.05, 0) is 23.3 Å². The van der Waals surface area contributed by atoms with Gasteiger partial charge >= 0.3 is 11.7 Å². The van der Waals surface area contributed by atoms with Crippen molar-refractivity contribution < 1.29 is 19.1 Å². The van der Waals surface area contributed by atoms with E-state index >= 15 is 0 Å². The van der Waals surface area contributed by atoms with Crippen LogP contribution in [-0.2, 0) is 17.9 Å². The number of hydrogen-bond acceptors (Lipinski definition) is 5. The molecule has 6 nitrogen and oxygen atoms in total. The van der Waals surface area contributed by atoms with Crippen LogP contribution in [0.2, 0.25) is 0 Å². The number of aromatic hydroxyl groups is 1. The molecule has 0 saturated heterocycles. The van der Waals surface area contributed by atoms with Crippen molar-refractivity contribution in [2.45, 2.75) is 13.2 Å². The zero-order valence-electron chi connectivity index (χ0n) is 12.7. The van der Waals surface area contributed by atoms with Gasteiger partial charge in [0.05, 0.1) is 0 Å². The molecule has 0 aliphatic carbocycles. The summed E-state index contributed by atoms with van der Waals surface area (Å²) in [5.41, 5.74) is 1.17. The molecule has 3 rings (SSSR count). The number of phenols is 1. The van der Waals surface area contributed by atoms with Crippen molar-refractivity contribution in [3.05, 3.63) is 76.1 Å². The third-order valence-corrected chi connectivity index (χ3v) is 3.45. The van der Waals surface area contributed by atoms with Crippen LogP contribution in [-0.4, -0.2) is 11.2 Å². The summed E-state index contributed by atoms with van der Waals surface area (Å²) in [5.74, 6) is -0.00182. The number of carbonyl (C=O) groups excluding carboxylic acids is 1. The normalized spacial score (nSPS) is 10.5. The average molecular weight is 325 g/mol. The van der Waals surface area contributed by atoms with E-state index in [-0.39, 0.29) is 24.5 Å². The Hall–Kier alpha value is -3.28.